The predicted octanol–water partition coefficient (Wildman–Crippen LogP) is 2.42. The molecule has 1 aromatic heterocycles. The zero-order chi connectivity index (χ0) is 13.7. The van der Waals surface area contributed by atoms with E-state index in [0.717, 1.165) is 42.3 Å². The highest BCUT2D eigenvalue weighted by Gasteiger charge is 2.07. The van der Waals surface area contributed by atoms with Crippen LogP contribution in [0.15, 0.2) is 30.6 Å². The summed E-state index contributed by atoms with van der Waals surface area (Å²) in [7, 11) is 2.09. The number of fused-ring (bicyclic) bond motifs is 1. The third kappa shape index (κ3) is 3.15. The Bertz CT molecular complexity index is 542. The molecule has 4 nitrogen and oxygen atoms in total. The minimum absolute atomic E-state index is 0.278. The first-order chi connectivity index (χ1) is 9.24. The van der Waals surface area contributed by atoms with E-state index in [-0.39, 0.29) is 6.61 Å². The van der Waals surface area contributed by atoms with Crippen molar-refractivity contribution in [3.05, 3.63) is 30.6 Å². The van der Waals surface area contributed by atoms with Crippen molar-refractivity contribution in [2.45, 2.75) is 19.3 Å². The number of pyridine rings is 1. The second kappa shape index (κ2) is 6.38. The summed E-state index contributed by atoms with van der Waals surface area (Å²) in [6, 6.07) is 6.00. The van der Waals surface area contributed by atoms with Crippen LogP contribution in [0, 0.1) is 0 Å². The lowest BCUT2D eigenvalue weighted by Crippen LogP contribution is -2.19. The number of hydrogen-bond acceptors (Lipinski definition) is 4. The van der Waals surface area contributed by atoms with Gasteiger partial charge >= 0.3 is 0 Å². The quantitative estimate of drug-likeness (QED) is 0.618. The number of nitrogens with zero attached hydrogens (tertiary/aromatic N) is 2. The Morgan fingerprint density at radius 1 is 1.16 bits per heavy atom. The van der Waals surface area contributed by atoms with E-state index in [1.165, 1.54) is 5.69 Å². The first-order valence-electron chi connectivity index (χ1n) is 6.68. The molecule has 0 radical (unpaired) electrons. The smallest absolute Gasteiger partial charge is 0.0445 e. The zero-order valence-corrected chi connectivity index (χ0v) is 11.3. The van der Waals surface area contributed by atoms with Gasteiger partial charge in [0, 0.05) is 54.7 Å². The van der Waals surface area contributed by atoms with E-state index >= 15 is 0 Å². The molecule has 1 aromatic carbocycles. The van der Waals surface area contributed by atoms with Gasteiger partial charge in [-0.05, 0) is 37.5 Å². The highest BCUT2D eigenvalue weighted by atomic mass is 16.2. The fraction of sp³-hybridized carbons (Fsp3) is 0.400. The zero-order valence-electron chi connectivity index (χ0n) is 11.3. The van der Waals surface area contributed by atoms with Gasteiger partial charge in [-0.15, -0.1) is 0 Å². The molecule has 0 spiro atoms. The van der Waals surface area contributed by atoms with Crippen molar-refractivity contribution < 1.29 is 5.11 Å². The number of aliphatic hydroxyl groups excluding tert-OH is 1. The minimum atomic E-state index is 0.278. The Kier molecular flexibility index (Phi) is 4.58. The summed E-state index contributed by atoms with van der Waals surface area (Å²) in [6.45, 7) is 1.25. The maximum atomic E-state index is 8.79. The lowest BCUT2D eigenvalue weighted by molar-refractivity contribution is 0.283. The average molecular weight is 259 g/mol. The van der Waals surface area contributed by atoms with Crippen LogP contribution < -0.4 is 10.6 Å². The van der Waals surface area contributed by atoms with Gasteiger partial charge in [0.1, 0.15) is 0 Å². The van der Waals surface area contributed by atoms with Crippen molar-refractivity contribution in [1.29, 1.82) is 0 Å². The first kappa shape index (κ1) is 13.6. The molecule has 3 N–H and O–H groups in total. The topological polar surface area (TPSA) is 62.4 Å². The van der Waals surface area contributed by atoms with Gasteiger partial charge in [0.05, 0.1) is 0 Å². The van der Waals surface area contributed by atoms with Gasteiger partial charge in [-0.1, -0.05) is 0 Å². The number of unbranched alkanes of at least 4 members (excludes halogenated alkanes) is 2. The van der Waals surface area contributed by atoms with Gasteiger partial charge in [0.2, 0.25) is 0 Å². The van der Waals surface area contributed by atoms with E-state index in [2.05, 4.69) is 23.0 Å². The molecule has 4 heteroatoms. The number of aromatic nitrogens is 1. The molecule has 0 unspecified atom stereocenters. The van der Waals surface area contributed by atoms with E-state index in [1.54, 1.807) is 6.20 Å². The molecule has 2 aromatic rings. The highest BCUT2D eigenvalue weighted by molar-refractivity contribution is 6.00. The number of benzene rings is 1. The summed E-state index contributed by atoms with van der Waals surface area (Å²) in [6.07, 6.45) is 6.61. The molecule has 0 amide bonds. The van der Waals surface area contributed by atoms with Crippen molar-refractivity contribution in [2.75, 3.05) is 30.8 Å². The fourth-order valence-corrected chi connectivity index (χ4v) is 2.29. The van der Waals surface area contributed by atoms with Crippen LogP contribution in [0.1, 0.15) is 19.3 Å². The summed E-state index contributed by atoms with van der Waals surface area (Å²) in [5, 5.41) is 10.9. The number of anilines is 2. The first-order valence-corrected chi connectivity index (χ1v) is 6.68. The lowest BCUT2D eigenvalue weighted by Gasteiger charge is -2.21. The summed E-state index contributed by atoms with van der Waals surface area (Å²) in [5.41, 5.74) is 7.92. The summed E-state index contributed by atoms with van der Waals surface area (Å²) >= 11 is 0. The third-order valence-electron chi connectivity index (χ3n) is 3.39. The SMILES string of the molecule is CN(CCCCCO)c1ccc(N)c2cnccc12. The molecule has 0 atom stereocenters. The molecule has 0 aliphatic carbocycles. The van der Waals surface area contributed by atoms with E-state index in [9.17, 15) is 0 Å². The molecule has 2 rings (SSSR count). The van der Waals surface area contributed by atoms with Crippen molar-refractivity contribution in [3.63, 3.8) is 0 Å². The second-order valence-electron chi connectivity index (χ2n) is 4.80. The molecular formula is C15H21N3O. The molecule has 0 saturated heterocycles. The van der Waals surface area contributed by atoms with Crippen LogP contribution in [0.3, 0.4) is 0 Å². The van der Waals surface area contributed by atoms with E-state index < -0.39 is 0 Å². The minimum Gasteiger partial charge on any atom is -0.398 e. The van der Waals surface area contributed by atoms with E-state index in [1.807, 2.05) is 18.3 Å². The van der Waals surface area contributed by atoms with Crippen molar-refractivity contribution in [1.82, 2.24) is 4.98 Å². The molecule has 0 fully saturated rings. The lowest BCUT2D eigenvalue weighted by atomic mass is 10.1. The van der Waals surface area contributed by atoms with E-state index in [0.29, 0.717) is 0 Å². The standard InChI is InChI=1S/C15H21N3O/c1-18(9-3-2-4-10-19)15-6-5-14(16)13-11-17-8-7-12(13)15/h5-8,11,19H,2-4,9-10,16H2,1H3. The Balaban J connectivity index is 2.18. The predicted molar refractivity (Wildman–Crippen MR) is 80.4 cm³/mol. The van der Waals surface area contributed by atoms with Crippen molar-refractivity contribution in [2.24, 2.45) is 0 Å². The van der Waals surface area contributed by atoms with Crippen LogP contribution >= 0.6 is 0 Å². The van der Waals surface area contributed by atoms with Crippen LogP contribution in [-0.2, 0) is 0 Å². The fourth-order valence-electron chi connectivity index (χ4n) is 2.29. The van der Waals surface area contributed by atoms with Gasteiger partial charge in [-0.3, -0.25) is 4.98 Å². The number of rotatable bonds is 6. The summed E-state index contributed by atoms with van der Waals surface area (Å²) < 4.78 is 0. The number of nitrogens with two attached hydrogens (primary N) is 1. The van der Waals surface area contributed by atoms with Crippen molar-refractivity contribution >= 4 is 22.1 Å². The van der Waals surface area contributed by atoms with Crippen LogP contribution in [0.2, 0.25) is 0 Å². The van der Waals surface area contributed by atoms with Crippen LogP contribution in [0.4, 0.5) is 11.4 Å². The molecule has 0 saturated carbocycles. The van der Waals surface area contributed by atoms with Crippen LogP contribution in [0.5, 0.6) is 0 Å². The summed E-state index contributed by atoms with van der Waals surface area (Å²) in [4.78, 5) is 6.37. The molecule has 1 heterocycles. The second-order valence-corrected chi connectivity index (χ2v) is 4.80. The molecule has 0 aliphatic heterocycles. The van der Waals surface area contributed by atoms with E-state index in [4.69, 9.17) is 10.8 Å². The average Bonchev–Trinajstić information content (AvgIpc) is 2.44. The molecule has 0 aliphatic rings. The van der Waals surface area contributed by atoms with Gasteiger partial charge < -0.3 is 15.7 Å². The highest BCUT2D eigenvalue weighted by Crippen LogP contribution is 2.29. The monoisotopic (exact) mass is 259 g/mol. The Morgan fingerprint density at radius 3 is 2.79 bits per heavy atom. The maximum absolute atomic E-state index is 8.79. The van der Waals surface area contributed by atoms with Crippen molar-refractivity contribution in [3.8, 4) is 0 Å². The summed E-state index contributed by atoms with van der Waals surface area (Å²) in [5.74, 6) is 0. The number of aliphatic hydroxyl groups is 1. The van der Waals surface area contributed by atoms with Gasteiger partial charge in [0.15, 0.2) is 0 Å². The Hall–Kier alpha value is -1.81. The number of nitrogen functional groups attached to an aromatic ring is 1. The van der Waals surface area contributed by atoms with Gasteiger partial charge in [0.25, 0.3) is 0 Å². The van der Waals surface area contributed by atoms with Crippen LogP contribution in [0.25, 0.3) is 10.8 Å². The largest absolute Gasteiger partial charge is 0.398 e. The maximum Gasteiger partial charge on any atom is 0.0445 e. The number of hydrogen-bond donors (Lipinski definition) is 2. The molecular weight excluding hydrogens is 238 g/mol. The van der Waals surface area contributed by atoms with Crippen LogP contribution in [-0.4, -0.2) is 30.3 Å². The van der Waals surface area contributed by atoms with Gasteiger partial charge in [-0.25, -0.2) is 0 Å². The third-order valence-corrected chi connectivity index (χ3v) is 3.39. The Labute approximate surface area is 113 Å². The van der Waals surface area contributed by atoms with Gasteiger partial charge in [-0.2, -0.15) is 0 Å². The Morgan fingerprint density at radius 2 is 2.00 bits per heavy atom. The molecule has 19 heavy (non-hydrogen) atoms. The molecule has 102 valence electrons. The molecule has 0 bridgehead atoms. The normalized spacial score (nSPS) is 10.8.